The van der Waals surface area contributed by atoms with Gasteiger partial charge < -0.3 is 4.74 Å². The van der Waals surface area contributed by atoms with E-state index in [2.05, 4.69) is 26.0 Å². The van der Waals surface area contributed by atoms with Gasteiger partial charge in [0.15, 0.2) is 0 Å². The predicted octanol–water partition coefficient (Wildman–Crippen LogP) is 3.19. The van der Waals surface area contributed by atoms with E-state index < -0.39 is 0 Å². The third-order valence-electron chi connectivity index (χ3n) is 2.74. The third kappa shape index (κ3) is 1.76. The van der Waals surface area contributed by atoms with E-state index in [1.54, 1.807) is 19.5 Å². The summed E-state index contributed by atoms with van der Waals surface area (Å²) in [6.07, 6.45) is 5.26. The number of nitrogens with zero attached hydrogens (tertiary/aromatic N) is 3. The molecule has 2 heterocycles. The number of aromatic nitrogens is 3. The molecule has 0 unspecified atom stereocenters. The van der Waals surface area contributed by atoms with Crippen LogP contribution < -0.4 is 4.74 Å². The topological polar surface area (TPSA) is 39.9 Å². The molecule has 0 aliphatic heterocycles. The molecule has 3 aromatic rings. The van der Waals surface area contributed by atoms with E-state index in [1.165, 1.54) is 0 Å². The Morgan fingerprint density at radius 2 is 2.11 bits per heavy atom. The molecule has 0 aliphatic rings. The zero-order chi connectivity index (χ0) is 12.5. The summed E-state index contributed by atoms with van der Waals surface area (Å²) in [6.45, 7) is 0. The Morgan fingerprint density at radius 1 is 1.22 bits per heavy atom. The molecule has 3 rings (SSSR count). The van der Waals surface area contributed by atoms with Crippen molar-refractivity contribution in [3.05, 3.63) is 47.3 Å². The highest BCUT2D eigenvalue weighted by molar-refractivity contribution is 9.10. The monoisotopic (exact) mass is 303 g/mol. The average Bonchev–Trinajstić information content (AvgIpc) is 2.84. The lowest BCUT2D eigenvalue weighted by Gasteiger charge is -2.05. The number of methoxy groups -OCH3 is 1. The molecule has 5 heteroatoms. The van der Waals surface area contributed by atoms with Crippen molar-refractivity contribution < 1.29 is 4.74 Å². The van der Waals surface area contributed by atoms with Crippen LogP contribution in [0.2, 0.25) is 0 Å². The maximum absolute atomic E-state index is 5.18. The summed E-state index contributed by atoms with van der Waals surface area (Å²) in [5, 5.41) is 5.46. The molecule has 18 heavy (non-hydrogen) atoms. The Labute approximate surface area is 112 Å². The number of fused-ring (bicyclic) bond motifs is 1. The normalized spacial score (nSPS) is 10.8. The van der Waals surface area contributed by atoms with Crippen molar-refractivity contribution in [1.29, 1.82) is 0 Å². The molecule has 2 aromatic heterocycles. The molecular formula is C13H10BrN3O. The molecule has 0 radical (unpaired) electrons. The average molecular weight is 304 g/mol. The summed E-state index contributed by atoms with van der Waals surface area (Å²) in [6, 6.07) is 7.91. The highest BCUT2D eigenvalue weighted by atomic mass is 79.9. The predicted molar refractivity (Wildman–Crippen MR) is 73.1 cm³/mol. The van der Waals surface area contributed by atoms with Crippen LogP contribution >= 0.6 is 15.9 Å². The fourth-order valence-corrected chi connectivity index (χ4v) is 2.31. The van der Waals surface area contributed by atoms with Crippen molar-refractivity contribution in [3.63, 3.8) is 0 Å². The first-order valence-corrected chi connectivity index (χ1v) is 6.20. The van der Waals surface area contributed by atoms with Crippen LogP contribution in [0.1, 0.15) is 0 Å². The van der Waals surface area contributed by atoms with Crippen LogP contribution in [-0.4, -0.2) is 21.9 Å². The Balaban J connectivity index is 2.22. The van der Waals surface area contributed by atoms with E-state index in [0.29, 0.717) is 5.75 Å². The summed E-state index contributed by atoms with van der Waals surface area (Å²) in [7, 11) is 1.62. The van der Waals surface area contributed by atoms with Gasteiger partial charge in [0, 0.05) is 15.9 Å². The summed E-state index contributed by atoms with van der Waals surface area (Å²) < 4.78 is 8.05. The summed E-state index contributed by atoms with van der Waals surface area (Å²) >= 11 is 3.52. The van der Waals surface area contributed by atoms with Crippen molar-refractivity contribution in [2.45, 2.75) is 0 Å². The second-order valence-corrected chi connectivity index (χ2v) is 4.67. The molecule has 0 atom stereocenters. The van der Waals surface area contributed by atoms with Gasteiger partial charge in [-0.05, 0) is 12.1 Å². The van der Waals surface area contributed by atoms with E-state index in [9.17, 15) is 0 Å². The maximum Gasteiger partial charge on any atom is 0.139 e. The van der Waals surface area contributed by atoms with Gasteiger partial charge in [-0.2, -0.15) is 5.10 Å². The molecule has 4 nitrogen and oxygen atoms in total. The maximum atomic E-state index is 5.18. The minimum atomic E-state index is 0.714. The summed E-state index contributed by atoms with van der Waals surface area (Å²) in [5.74, 6) is 0.714. The third-order valence-corrected chi connectivity index (χ3v) is 3.43. The molecule has 0 saturated heterocycles. The second-order valence-electron chi connectivity index (χ2n) is 3.81. The molecule has 90 valence electrons. The summed E-state index contributed by atoms with van der Waals surface area (Å²) in [5.41, 5.74) is 1.90. The van der Waals surface area contributed by atoms with Crippen LogP contribution in [0.3, 0.4) is 0 Å². The highest BCUT2D eigenvalue weighted by Crippen LogP contribution is 2.26. The zero-order valence-electron chi connectivity index (χ0n) is 9.67. The standard InChI is InChI=1S/C13H10BrN3O/c1-18-10-5-9(6-15-7-10)17-13-4-2-3-12(14)11(13)8-16-17/h2-8H,1H3. The minimum absolute atomic E-state index is 0.714. The van der Waals surface area contributed by atoms with Crippen LogP contribution in [0.15, 0.2) is 47.3 Å². The van der Waals surface area contributed by atoms with Gasteiger partial charge in [-0.25, -0.2) is 4.68 Å². The number of ether oxygens (including phenoxy) is 1. The number of hydrogen-bond acceptors (Lipinski definition) is 3. The molecule has 0 spiro atoms. The highest BCUT2D eigenvalue weighted by Gasteiger charge is 2.07. The van der Waals surface area contributed by atoms with Gasteiger partial charge in [0.05, 0.1) is 36.9 Å². The first-order chi connectivity index (χ1) is 8.79. The Morgan fingerprint density at radius 3 is 2.94 bits per heavy atom. The first-order valence-electron chi connectivity index (χ1n) is 5.41. The van der Waals surface area contributed by atoms with Gasteiger partial charge in [0.1, 0.15) is 5.75 Å². The van der Waals surface area contributed by atoms with Crippen molar-refractivity contribution in [3.8, 4) is 11.4 Å². The van der Waals surface area contributed by atoms with Gasteiger partial charge in [0.25, 0.3) is 0 Å². The van der Waals surface area contributed by atoms with E-state index in [4.69, 9.17) is 4.74 Å². The fraction of sp³-hybridized carbons (Fsp3) is 0.0769. The van der Waals surface area contributed by atoms with Crippen molar-refractivity contribution >= 4 is 26.8 Å². The second kappa shape index (κ2) is 4.42. The van der Waals surface area contributed by atoms with E-state index in [1.807, 2.05) is 35.1 Å². The smallest absolute Gasteiger partial charge is 0.139 e. The lowest BCUT2D eigenvalue weighted by molar-refractivity contribution is 0.412. The molecule has 0 bridgehead atoms. The number of pyridine rings is 1. The van der Waals surface area contributed by atoms with Gasteiger partial charge in [-0.15, -0.1) is 0 Å². The van der Waals surface area contributed by atoms with Gasteiger partial charge in [-0.3, -0.25) is 4.98 Å². The van der Waals surface area contributed by atoms with E-state index >= 15 is 0 Å². The van der Waals surface area contributed by atoms with Crippen molar-refractivity contribution in [2.75, 3.05) is 7.11 Å². The molecule has 0 fully saturated rings. The molecular weight excluding hydrogens is 294 g/mol. The quantitative estimate of drug-likeness (QED) is 0.730. The Bertz CT molecular complexity index is 708. The number of hydrogen-bond donors (Lipinski definition) is 0. The Kier molecular flexibility index (Phi) is 2.76. The molecule has 0 aliphatic carbocycles. The molecule has 0 N–H and O–H groups in total. The van der Waals surface area contributed by atoms with Gasteiger partial charge in [-0.1, -0.05) is 22.0 Å². The number of benzene rings is 1. The Hall–Kier alpha value is -1.88. The van der Waals surface area contributed by atoms with Crippen LogP contribution in [0.4, 0.5) is 0 Å². The van der Waals surface area contributed by atoms with Gasteiger partial charge >= 0.3 is 0 Å². The van der Waals surface area contributed by atoms with Crippen LogP contribution in [-0.2, 0) is 0 Å². The molecule has 0 amide bonds. The zero-order valence-corrected chi connectivity index (χ0v) is 11.3. The first kappa shape index (κ1) is 11.2. The lowest BCUT2D eigenvalue weighted by Crippen LogP contribution is -1.97. The fourth-order valence-electron chi connectivity index (χ4n) is 1.86. The lowest BCUT2D eigenvalue weighted by atomic mass is 10.2. The molecule has 1 aromatic carbocycles. The molecule has 0 saturated carbocycles. The summed E-state index contributed by atoms with van der Waals surface area (Å²) in [4.78, 5) is 4.14. The van der Waals surface area contributed by atoms with E-state index in [0.717, 1.165) is 21.1 Å². The van der Waals surface area contributed by atoms with Crippen molar-refractivity contribution in [1.82, 2.24) is 14.8 Å². The van der Waals surface area contributed by atoms with Crippen LogP contribution in [0.25, 0.3) is 16.6 Å². The van der Waals surface area contributed by atoms with Crippen molar-refractivity contribution in [2.24, 2.45) is 0 Å². The van der Waals surface area contributed by atoms with E-state index in [-0.39, 0.29) is 0 Å². The number of rotatable bonds is 2. The largest absolute Gasteiger partial charge is 0.495 e. The number of halogens is 1. The van der Waals surface area contributed by atoms with Gasteiger partial charge in [0.2, 0.25) is 0 Å². The van der Waals surface area contributed by atoms with Crippen LogP contribution in [0, 0.1) is 0 Å². The van der Waals surface area contributed by atoms with Crippen LogP contribution in [0.5, 0.6) is 5.75 Å². The minimum Gasteiger partial charge on any atom is -0.495 e. The SMILES string of the molecule is COc1cncc(-n2ncc3c(Br)cccc32)c1.